The number of esters is 1. The highest BCUT2D eigenvalue weighted by atomic mass is 16.5. The van der Waals surface area contributed by atoms with Crippen LogP contribution in [0, 0.1) is 5.92 Å². The lowest BCUT2D eigenvalue weighted by Gasteiger charge is -2.41. The molecule has 0 N–H and O–H groups in total. The molecule has 0 aromatic rings. The van der Waals surface area contributed by atoms with Gasteiger partial charge in [0.25, 0.3) is 0 Å². The van der Waals surface area contributed by atoms with Crippen molar-refractivity contribution in [3.63, 3.8) is 0 Å². The van der Waals surface area contributed by atoms with E-state index in [2.05, 4.69) is 4.90 Å². The van der Waals surface area contributed by atoms with Crippen molar-refractivity contribution in [2.24, 2.45) is 5.92 Å². The minimum Gasteiger partial charge on any atom is -0.465 e. The lowest BCUT2D eigenvalue weighted by molar-refractivity contribution is -0.151. The molecular weight excluding hydrogens is 242 g/mol. The van der Waals surface area contributed by atoms with Crippen LogP contribution in [-0.4, -0.2) is 41.9 Å². The maximum atomic E-state index is 12.0. The number of rotatable bonds is 4. The Labute approximate surface area is 115 Å². The molecule has 0 aromatic carbocycles. The zero-order valence-corrected chi connectivity index (χ0v) is 12.1. The van der Waals surface area contributed by atoms with E-state index in [1.807, 2.05) is 13.8 Å². The summed E-state index contributed by atoms with van der Waals surface area (Å²) < 4.78 is 5.13. The monoisotopic (exact) mass is 267 g/mol. The first-order valence-electron chi connectivity index (χ1n) is 7.60. The van der Waals surface area contributed by atoms with E-state index in [1.54, 1.807) is 0 Å². The van der Waals surface area contributed by atoms with Crippen LogP contribution in [0.2, 0.25) is 0 Å². The highest BCUT2D eigenvalue weighted by molar-refractivity contribution is 5.83. The van der Waals surface area contributed by atoms with Crippen LogP contribution in [0.25, 0.3) is 0 Å². The number of ether oxygens (including phenoxy) is 1. The second-order valence-corrected chi connectivity index (χ2v) is 5.69. The molecule has 0 spiro atoms. The summed E-state index contributed by atoms with van der Waals surface area (Å²) in [6.45, 7) is 5.08. The number of hydrogen-bond donors (Lipinski definition) is 0. The van der Waals surface area contributed by atoms with Crippen LogP contribution in [0.4, 0.5) is 0 Å². The van der Waals surface area contributed by atoms with Crippen LogP contribution in [0.15, 0.2) is 0 Å². The number of carbonyl (C=O) groups excluding carboxylic acids is 2. The molecule has 4 heteroatoms. The van der Waals surface area contributed by atoms with Gasteiger partial charge in [-0.05, 0) is 46.1 Å². The van der Waals surface area contributed by atoms with Gasteiger partial charge in [-0.3, -0.25) is 14.5 Å². The number of carbonyl (C=O) groups is 2. The van der Waals surface area contributed by atoms with Crippen LogP contribution in [0.1, 0.15) is 52.4 Å². The van der Waals surface area contributed by atoms with Gasteiger partial charge in [-0.25, -0.2) is 0 Å². The minimum absolute atomic E-state index is 0.150. The minimum atomic E-state index is -0.223. The van der Waals surface area contributed by atoms with Crippen LogP contribution in [-0.2, 0) is 14.3 Å². The van der Waals surface area contributed by atoms with Crippen molar-refractivity contribution in [2.45, 2.75) is 64.5 Å². The van der Waals surface area contributed by atoms with Gasteiger partial charge < -0.3 is 4.74 Å². The van der Waals surface area contributed by atoms with E-state index < -0.39 is 0 Å². The largest absolute Gasteiger partial charge is 0.465 e. The van der Waals surface area contributed by atoms with Crippen molar-refractivity contribution in [1.82, 2.24) is 4.90 Å². The molecule has 1 saturated carbocycles. The van der Waals surface area contributed by atoms with Crippen molar-refractivity contribution < 1.29 is 14.3 Å². The van der Waals surface area contributed by atoms with Crippen LogP contribution in [0.3, 0.4) is 0 Å². The number of hydrogen-bond acceptors (Lipinski definition) is 4. The van der Waals surface area contributed by atoms with Gasteiger partial charge in [0.1, 0.15) is 11.8 Å². The van der Waals surface area contributed by atoms with Crippen molar-refractivity contribution in [3.8, 4) is 0 Å². The molecule has 1 aliphatic carbocycles. The fourth-order valence-electron chi connectivity index (χ4n) is 3.54. The summed E-state index contributed by atoms with van der Waals surface area (Å²) in [4.78, 5) is 26.1. The van der Waals surface area contributed by atoms with Gasteiger partial charge in [-0.15, -0.1) is 0 Å². The number of piperidine rings is 1. The van der Waals surface area contributed by atoms with Crippen LogP contribution in [0.5, 0.6) is 0 Å². The summed E-state index contributed by atoms with van der Waals surface area (Å²) in [5.74, 6) is 0.394. The molecule has 2 fully saturated rings. The van der Waals surface area contributed by atoms with Crippen molar-refractivity contribution in [3.05, 3.63) is 0 Å². The first kappa shape index (κ1) is 14.5. The standard InChI is InChI=1S/C15H25NO3/c1-3-19-15(18)11(2)16-10-5-4-8-13(16)12-7-6-9-14(12)17/h11-13H,3-10H2,1-2H3. The van der Waals surface area contributed by atoms with E-state index >= 15 is 0 Å². The summed E-state index contributed by atoms with van der Waals surface area (Å²) in [6.07, 6.45) is 6.06. The molecule has 2 rings (SSSR count). The molecule has 2 aliphatic rings. The second-order valence-electron chi connectivity index (χ2n) is 5.69. The zero-order chi connectivity index (χ0) is 13.8. The molecule has 1 aliphatic heterocycles. The topological polar surface area (TPSA) is 46.6 Å². The third kappa shape index (κ3) is 3.16. The van der Waals surface area contributed by atoms with Gasteiger partial charge >= 0.3 is 5.97 Å². The molecule has 0 aromatic heterocycles. The Hall–Kier alpha value is -0.900. The highest BCUT2D eigenvalue weighted by Crippen LogP contribution is 2.33. The lowest BCUT2D eigenvalue weighted by atomic mass is 9.87. The van der Waals surface area contributed by atoms with E-state index in [0.29, 0.717) is 12.4 Å². The fraction of sp³-hybridized carbons (Fsp3) is 0.867. The molecule has 3 unspecified atom stereocenters. The first-order valence-corrected chi connectivity index (χ1v) is 7.60. The van der Waals surface area contributed by atoms with Crippen LogP contribution < -0.4 is 0 Å². The maximum Gasteiger partial charge on any atom is 0.323 e. The summed E-state index contributed by atoms with van der Waals surface area (Å²) in [5, 5.41) is 0. The van der Waals surface area contributed by atoms with Gasteiger partial charge in [0.15, 0.2) is 0 Å². The lowest BCUT2D eigenvalue weighted by Crippen LogP contribution is -2.52. The number of likely N-dealkylation sites (tertiary alicyclic amines) is 1. The van der Waals surface area contributed by atoms with E-state index in [-0.39, 0.29) is 24.0 Å². The molecule has 108 valence electrons. The molecule has 19 heavy (non-hydrogen) atoms. The highest BCUT2D eigenvalue weighted by Gasteiger charge is 2.40. The predicted octanol–water partition coefficient (Wildman–Crippen LogP) is 2.16. The normalized spacial score (nSPS) is 30.3. The third-order valence-corrected chi connectivity index (χ3v) is 4.53. The van der Waals surface area contributed by atoms with E-state index in [9.17, 15) is 9.59 Å². The zero-order valence-electron chi connectivity index (χ0n) is 12.1. The molecule has 4 nitrogen and oxygen atoms in total. The van der Waals surface area contributed by atoms with Crippen molar-refractivity contribution >= 4 is 11.8 Å². The van der Waals surface area contributed by atoms with Gasteiger partial charge in [0.05, 0.1) is 6.61 Å². The van der Waals surface area contributed by atoms with Crippen molar-refractivity contribution in [1.29, 1.82) is 0 Å². The quantitative estimate of drug-likeness (QED) is 0.732. The van der Waals surface area contributed by atoms with Gasteiger partial charge in [0.2, 0.25) is 0 Å². The first-order chi connectivity index (χ1) is 9.15. The molecule has 1 heterocycles. The Balaban J connectivity index is 2.07. The maximum absolute atomic E-state index is 12.0. The number of Topliss-reactive ketones (excluding diaryl/α,β-unsaturated/α-hetero) is 1. The Morgan fingerprint density at radius 3 is 2.79 bits per heavy atom. The average molecular weight is 267 g/mol. The molecular formula is C15H25NO3. The van der Waals surface area contributed by atoms with E-state index in [0.717, 1.165) is 38.6 Å². The Morgan fingerprint density at radius 2 is 2.16 bits per heavy atom. The summed E-state index contributed by atoms with van der Waals surface area (Å²) in [7, 11) is 0. The Bertz CT molecular complexity index is 342. The average Bonchev–Trinajstić information content (AvgIpc) is 2.84. The summed E-state index contributed by atoms with van der Waals surface area (Å²) in [5.41, 5.74) is 0. The Morgan fingerprint density at radius 1 is 1.37 bits per heavy atom. The molecule has 0 bridgehead atoms. The predicted molar refractivity (Wildman–Crippen MR) is 72.8 cm³/mol. The van der Waals surface area contributed by atoms with Crippen LogP contribution >= 0.6 is 0 Å². The third-order valence-electron chi connectivity index (χ3n) is 4.53. The van der Waals surface area contributed by atoms with Gasteiger partial charge in [0, 0.05) is 18.4 Å². The SMILES string of the molecule is CCOC(=O)C(C)N1CCCCC1C1CCCC1=O. The Kier molecular flexibility index (Phi) is 4.97. The molecule has 0 amide bonds. The molecule has 0 radical (unpaired) electrons. The second kappa shape index (κ2) is 6.51. The number of ketones is 1. The summed E-state index contributed by atoms with van der Waals surface area (Å²) in [6, 6.07) is 0.0295. The van der Waals surface area contributed by atoms with E-state index in [4.69, 9.17) is 4.74 Å². The van der Waals surface area contributed by atoms with Gasteiger partial charge in [-0.1, -0.05) is 6.42 Å². The summed E-state index contributed by atoms with van der Waals surface area (Å²) >= 11 is 0. The number of nitrogens with zero attached hydrogens (tertiary/aromatic N) is 1. The smallest absolute Gasteiger partial charge is 0.323 e. The molecule has 3 atom stereocenters. The fourth-order valence-corrected chi connectivity index (χ4v) is 3.54. The van der Waals surface area contributed by atoms with Gasteiger partial charge in [-0.2, -0.15) is 0 Å². The van der Waals surface area contributed by atoms with E-state index in [1.165, 1.54) is 6.42 Å². The molecule has 1 saturated heterocycles. The van der Waals surface area contributed by atoms with Crippen molar-refractivity contribution in [2.75, 3.05) is 13.2 Å².